The summed E-state index contributed by atoms with van der Waals surface area (Å²) < 4.78 is 26.3. The fourth-order valence-corrected chi connectivity index (χ4v) is 4.69. The highest BCUT2D eigenvalue weighted by Gasteiger charge is 2.27. The van der Waals surface area contributed by atoms with Crippen LogP contribution >= 0.6 is 0 Å². The molecule has 4 N–H and O–H groups in total. The number of H-pyrrole nitrogens is 2. The predicted molar refractivity (Wildman–Crippen MR) is 125 cm³/mol. The predicted octanol–water partition coefficient (Wildman–Crippen LogP) is 4.68. The molecule has 4 rings (SSSR count). The third-order valence-corrected chi connectivity index (χ3v) is 7.41. The fraction of sp³-hybridized carbons (Fsp3) is 0.304. The Labute approximate surface area is 182 Å². The second kappa shape index (κ2) is 7.23. The number of benzene rings is 2. The smallest absolute Gasteiger partial charge is 0.198 e. The summed E-state index contributed by atoms with van der Waals surface area (Å²) in [5.74, 6) is 0.992. The third kappa shape index (κ3) is 3.72. The lowest BCUT2D eigenvalue weighted by Gasteiger charge is -2.14. The Bertz CT molecular complexity index is 1360. The molecule has 8 heteroatoms. The van der Waals surface area contributed by atoms with Gasteiger partial charge in [-0.25, -0.2) is 18.4 Å². The molecule has 0 amide bonds. The molecule has 0 fully saturated rings. The van der Waals surface area contributed by atoms with Crippen LogP contribution in [0.5, 0.6) is 0 Å². The van der Waals surface area contributed by atoms with Gasteiger partial charge in [-0.2, -0.15) is 0 Å². The largest absolute Gasteiger partial charge is 0.369 e. The van der Waals surface area contributed by atoms with Crippen molar-refractivity contribution >= 4 is 26.8 Å². The molecule has 2 aromatic heterocycles. The van der Waals surface area contributed by atoms with E-state index in [0.29, 0.717) is 22.3 Å². The number of hydrogen-bond acceptors (Lipinski definition) is 5. The van der Waals surface area contributed by atoms with Crippen molar-refractivity contribution in [3.8, 4) is 22.5 Å². The second-order valence-electron chi connectivity index (χ2n) is 9.01. The van der Waals surface area contributed by atoms with Crippen LogP contribution in [-0.2, 0) is 15.3 Å². The number of anilines is 1. The summed E-state index contributed by atoms with van der Waals surface area (Å²) in [6, 6.07) is 13.4. The molecule has 0 aliphatic rings. The maximum Gasteiger partial charge on any atom is 0.198 e. The Morgan fingerprint density at radius 1 is 0.968 bits per heavy atom. The van der Waals surface area contributed by atoms with Gasteiger partial charge in [-0.3, -0.25) is 0 Å². The van der Waals surface area contributed by atoms with Crippen LogP contribution in [0.15, 0.2) is 47.4 Å². The summed E-state index contributed by atoms with van der Waals surface area (Å²) >= 11 is 0. The van der Waals surface area contributed by atoms with Gasteiger partial charge >= 0.3 is 0 Å². The topological polar surface area (TPSA) is 118 Å². The van der Waals surface area contributed by atoms with Crippen LogP contribution < -0.4 is 5.73 Å². The molecule has 2 aromatic carbocycles. The highest BCUT2D eigenvalue weighted by atomic mass is 32.2. The van der Waals surface area contributed by atoms with Crippen LogP contribution in [-0.4, -0.2) is 33.6 Å². The van der Waals surface area contributed by atoms with Crippen LogP contribution in [0.1, 0.15) is 40.4 Å². The van der Waals surface area contributed by atoms with E-state index in [4.69, 9.17) is 10.7 Å². The van der Waals surface area contributed by atoms with Crippen molar-refractivity contribution in [1.29, 1.82) is 0 Å². The van der Waals surface area contributed by atoms with Gasteiger partial charge in [0.2, 0.25) is 0 Å². The van der Waals surface area contributed by atoms with Crippen molar-refractivity contribution in [1.82, 2.24) is 19.9 Å². The van der Waals surface area contributed by atoms with Crippen LogP contribution in [0.3, 0.4) is 0 Å². The zero-order chi connectivity index (χ0) is 22.6. The van der Waals surface area contributed by atoms with Gasteiger partial charge in [0, 0.05) is 16.5 Å². The highest BCUT2D eigenvalue weighted by molar-refractivity contribution is 7.92. The lowest BCUT2D eigenvalue weighted by Crippen LogP contribution is -2.14. The molecule has 0 saturated heterocycles. The van der Waals surface area contributed by atoms with Crippen molar-refractivity contribution in [2.75, 3.05) is 5.73 Å². The first-order chi connectivity index (χ1) is 14.5. The number of nitrogen functional groups attached to an aromatic ring is 1. The summed E-state index contributed by atoms with van der Waals surface area (Å²) in [5, 5.41) is -0.596. The molecule has 0 unspecified atom stereocenters. The maximum atomic E-state index is 13.1. The molecule has 7 nitrogen and oxygen atoms in total. The number of aromatic nitrogens is 4. The molecule has 0 aliphatic heterocycles. The van der Waals surface area contributed by atoms with Crippen molar-refractivity contribution < 1.29 is 8.42 Å². The minimum absolute atomic E-state index is 0.155. The van der Waals surface area contributed by atoms with Gasteiger partial charge in [-0.05, 0) is 26.0 Å². The number of nitrogens with one attached hydrogen (secondary N) is 2. The van der Waals surface area contributed by atoms with E-state index in [2.05, 4.69) is 35.7 Å². The van der Waals surface area contributed by atoms with Gasteiger partial charge < -0.3 is 15.7 Å². The van der Waals surface area contributed by atoms with E-state index in [1.54, 1.807) is 19.9 Å². The normalized spacial score (nSPS) is 12.7. The number of nitrogens with zero attached hydrogens (tertiary/aromatic N) is 2. The highest BCUT2D eigenvalue weighted by Crippen LogP contribution is 2.37. The molecule has 0 radical (unpaired) electrons. The summed E-state index contributed by atoms with van der Waals surface area (Å²) in [6.07, 6.45) is 0. The van der Waals surface area contributed by atoms with Crippen LogP contribution in [0.25, 0.3) is 33.5 Å². The number of fused-ring (bicyclic) bond motifs is 1. The number of sulfone groups is 1. The van der Waals surface area contributed by atoms with Gasteiger partial charge in [0.05, 0.1) is 27.0 Å². The minimum Gasteiger partial charge on any atom is -0.369 e. The molecule has 0 aliphatic carbocycles. The van der Waals surface area contributed by atoms with E-state index >= 15 is 0 Å². The molecule has 4 aromatic rings. The van der Waals surface area contributed by atoms with Crippen molar-refractivity contribution in [2.24, 2.45) is 0 Å². The van der Waals surface area contributed by atoms with Crippen LogP contribution in [0.4, 0.5) is 5.95 Å². The first-order valence-corrected chi connectivity index (χ1v) is 11.7. The van der Waals surface area contributed by atoms with E-state index in [9.17, 15) is 8.42 Å². The molecule has 162 valence electrons. The average Bonchev–Trinajstić information content (AvgIpc) is 3.30. The average molecular weight is 438 g/mol. The quantitative estimate of drug-likeness (QED) is 0.428. The van der Waals surface area contributed by atoms with Gasteiger partial charge in [-0.1, -0.05) is 51.1 Å². The first-order valence-electron chi connectivity index (χ1n) is 10.2. The Balaban J connectivity index is 2.05. The summed E-state index contributed by atoms with van der Waals surface area (Å²) in [5.41, 5.74) is 9.75. The number of imidazole rings is 2. The number of rotatable bonds is 4. The zero-order valence-electron chi connectivity index (χ0n) is 18.3. The van der Waals surface area contributed by atoms with E-state index in [0.717, 1.165) is 17.1 Å². The molecule has 0 spiro atoms. The summed E-state index contributed by atoms with van der Waals surface area (Å²) in [4.78, 5) is 15.7. The van der Waals surface area contributed by atoms with E-state index in [-0.39, 0.29) is 16.3 Å². The SMILES string of the molecule is CC(C)S(=O)(=O)c1cc(-c2nc(C(C)(C)C)[nH]c2-c2ccccc2)cc2[nH]c(N)nc12. The lowest BCUT2D eigenvalue weighted by molar-refractivity contribution is 0.553. The van der Waals surface area contributed by atoms with E-state index < -0.39 is 15.1 Å². The second-order valence-corrected chi connectivity index (χ2v) is 11.5. The molecule has 0 bridgehead atoms. The Morgan fingerprint density at radius 2 is 1.65 bits per heavy atom. The molecular formula is C23H27N5O2S. The first kappa shape index (κ1) is 21.1. The molecule has 0 saturated carbocycles. The fourth-order valence-electron chi connectivity index (χ4n) is 3.46. The van der Waals surface area contributed by atoms with Crippen molar-refractivity contribution in [3.63, 3.8) is 0 Å². The van der Waals surface area contributed by atoms with Gasteiger partial charge in [-0.15, -0.1) is 0 Å². The summed E-state index contributed by atoms with van der Waals surface area (Å²) in [7, 11) is -3.60. The Morgan fingerprint density at radius 3 is 2.26 bits per heavy atom. The molecular weight excluding hydrogens is 410 g/mol. The Kier molecular flexibility index (Phi) is 4.93. The number of hydrogen-bond donors (Lipinski definition) is 3. The lowest BCUT2D eigenvalue weighted by atomic mass is 9.96. The number of aromatic amines is 2. The Hall–Kier alpha value is -3.13. The minimum atomic E-state index is -3.60. The van der Waals surface area contributed by atoms with Crippen LogP contribution in [0, 0.1) is 0 Å². The van der Waals surface area contributed by atoms with Crippen molar-refractivity contribution in [3.05, 3.63) is 48.3 Å². The van der Waals surface area contributed by atoms with Crippen molar-refractivity contribution in [2.45, 2.75) is 50.2 Å². The van der Waals surface area contributed by atoms with E-state index in [1.807, 2.05) is 36.4 Å². The molecule has 0 atom stereocenters. The standard InChI is InChI=1S/C23H27N5O2S/c1-13(2)31(29,30)17-12-15(11-16-20(17)28-22(24)25-16)19-18(14-9-7-6-8-10-14)26-21(27-19)23(3,4)5/h6-13H,1-5H3,(H,26,27)(H3,24,25,28). The third-order valence-electron chi connectivity index (χ3n) is 5.25. The molecule has 31 heavy (non-hydrogen) atoms. The molecule has 2 heterocycles. The van der Waals surface area contributed by atoms with Crippen LogP contribution in [0.2, 0.25) is 0 Å². The van der Waals surface area contributed by atoms with Gasteiger partial charge in [0.1, 0.15) is 11.3 Å². The monoisotopic (exact) mass is 437 g/mol. The maximum absolute atomic E-state index is 13.1. The number of nitrogens with two attached hydrogens (primary N) is 1. The van der Waals surface area contributed by atoms with Gasteiger partial charge in [0.15, 0.2) is 15.8 Å². The zero-order valence-corrected chi connectivity index (χ0v) is 19.1. The summed E-state index contributed by atoms with van der Waals surface area (Å²) in [6.45, 7) is 9.56. The van der Waals surface area contributed by atoms with E-state index in [1.165, 1.54) is 0 Å². The van der Waals surface area contributed by atoms with Gasteiger partial charge in [0.25, 0.3) is 0 Å².